The van der Waals surface area contributed by atoms with Crippen LogP contribution in [0.5, 0.6) is 5.75 Å². The highest BCUT2D eigenvalue weighted by atomic mass is 19.1. The Kier molecular flexibility index (Phi) is 8.93. The van der Waals surface area contributed by atoms with E-state index in [4.69, 9.17) is 10.5 Å². The van der Waals surface area contributed by atoms with Gasteiger partial charge in [0.15, 0.2) is 0 Å². The molecule has 204 valence electrons. The highest BCUT2D eigenvalue weighted by molar-refractivity contribution is 5.96. The van der Waals surface area contributed by atoms with E-state index in [1.165, 1.54) is 31.4 Å². The van der Waals surface area contributed by atoms with E-state index in [-0.39, 0.29) is 17.8 Å². The molecule has 1 saturated heterocycles. The summed E-state index contributed by atoms with van der Waals surface area (Å²) in [6, 6.07) is 8.57. The standard InChI is InChI=1S/C27H32FN3O2.C5H10/c1-17-7-8-23(28)14-21(17)12-18(2)20(4)31-10-11-33-25-15-22(13-19(3)26(25)31)27(32)30-9-5-6-24(29)16-30;1-2-5-3-4-5/h7-8,12-15,24H,4-6,9-11,16,29H2,1-3H3;5H,2-4H2,1H3/b18-12+;. The van der Waals surface area contributed by atoms with Gasteiger partial charge in [-0.15, -0.1) is 0 Å². The zero-order valence-electron chi connectivity index (χ0n) is 23.4. The molecule has 5 rings (SSSR count). The number of likely N-dealkylation sites (tertiary alicyclic amines) is 1. The number of allylic oxidation sites excluding steroid dienone is 1. The summed E-state index contributed by atoms with van der Waals surface area (Å²) in [5.74, 6) is 1.55. The Labute approximate surface area is 227 Å². The van der Waals surface area contributed by atoms with Gasteiger partial charge in [0.05, 0.1) is 12.2 Å². The van der Waals surface area contributed by atoms with E-state index in [0.717, 1.165) is 59.0 Å². The first-order chi connectivity index (χ1) is 18.2. The van der Waals surface area contributed by atoms with Gasteiger partial charge in [-0.1, -0.05) is 38.8 Å². The number of aryl methyl sites for hydroxylation is 2. The van der Waals surface area contributed by atoms with Crippen molar-refractivity contribution in [2.24, 2.45) is 11.7 Å². The molecule has 2 aromatic carbocycles. The number of benzene rings is 2. The number of anilines is 1. The Morgan fingerprint density at radius 1 is 1.16 bits per heavy atom. The molecule has 1 atom stereocenters. The number of amides is 1. The molecule has 2 fully saturated rings. The largest absolute Gasteiger partial charge is 0.490 e. The number of halogens is 1. The van der Waals surface area contributed by atoms with Gasteiger partial charge in [-0.25, -0.2) is 4.39 Å². The lowest BCUT2D eigenvalue weighted by Crippen LogP contribution is -2.45. The molecule has 0 spiro atoms. The molecule has 2 aromatic rings. The maximum absolute atomic E-state index is 13.7. The van der Waals surface area contributed by atoms with Gasteiger partial charge in [-0.2, -0.15) is 0 Å². The number of hydrogen-bond acceptors (Lipinski definition) is 4. The minimum Gasteiger partial charge on any atom is -0.490 e. The molecule has 6 heteroatoms. The summed E-state index contributed by atoms with van der Waals surface area (Å²) in [7, 11) is 0. The van der Waals surface area contributed by atoms with Gasteiger partial charge in [0.25, 0.3) is 5.91 Å². The number of fused-ring (bicyclic) bond motifs is 1. The first-order valence-electron chi connectivity index (χ1n) is 13.9. The van der Waals surface area contributed by atoms with Crippen LogP contribution in [-0.2, 0) is 0 Å². The molecule has 2 N–H and O–H groups in total. The van der Waals surface area contributed by atoms with Crippen molar-refractivity contribution in [1.29, 1.82) is 0 Å². The average molecular weight is 520 g/mol. The molecule has 1 unspecified atom stereocenters. The zero-order chi connectivity index (χ0) is 27.4. The first kappa shape index (κ1) is 27.9. The predicted octanol–water partition coefficient (Wildman–Crippen LogP) is 6.63. The van der Waals surface area contributed by atoms with Crippen LogP contribution in [0.15, 0.2) is 48.2 Å². The molecule has 1 aliphatic carbocycles. The van der Waals surface area contributed by atoms with Gasteiger partial charge in [0.2, 0.25) is 0 Å². The fourth-order valence-electron chi connectivity index (χ4n) is 5.15. The van der Waals surface area contributed by atoms with E-state index in [1.54, 1.807) is 6.07 Å². The second-order valence-electron chi connectivity index (χ2n) is 10.9. The summed E-state index contributed by atoms with van der Waals surface area (Å²) >= 11 is 0. The third-order valence-electron chi connectivity index (χ3n) is 7.77. The fourth-order valence-corrected chi connectivity index (χ4v) is 5.15. The average Bonchev–Trinajstić information content (AvgIpc) is 3.75. The van der Waals surface area contributed by atoms with Crippen molar-refractivity contribution < 1.29 is 13.9 Å². The highest BCUT2D eigenvalue weighted by Crippen LogP contribution is 2.39. The summed E-state index contributed by atoms with van der Waals surface area (Å²) in [4.78, 5) is 17.1. The van der Waals surface area contributed by atoms with Crippen molar-refractivity contribution in [3.05, 3.63) is 76.3 Å². The Morgan fingerprint density at radius 3 is 2.58 bits per heavy atom. The monoisotopic (exact) mass is 519 g/mol. The van der Waals surface area contributed by atoms with E-state index < -0.39 is 0 Å². The molecule has 2 aliphatic heterocycles. The van der Waals surface area contributed by atoms with Crippen LogP contribution in [0.4, 0.5) is 10.1 Å². The predicted molar refractivity (Wildman–Crippen MR) is 154 cm³/mol. The van der Waals surface area contributed by atoms with Crippen LogP contribution >= 0.6 is 0 Å². The Balaban J connectivity index is 0.000000603. The molecule has 5 nitrogen and oxygen atoms in total. The Hall–Kier alpha value is -3.12. The van der Waals surface area contributed by atoms with E-state index in [1.807, 2.05) is 43.9 Å². The highest BCUT2D eigenvalue weighted by Gasteiger charge is 2.28. The molecular formula is C32H42FN3O2. The lowest BCUT2D eigenvalue weighted by Gasteiger charge is -2.35. The van der Waals surface area contributed by atoms with E-state index in [9.17, 15) is 9.18 Å². The number of nitrogens with zero attached hydrogens (tertiary/aromatic N) is 2. The molecule has 0 radical (unpaired) electrons. The zero-order valence-corrected chi connectivity index (χ0v) is 23.4. The quantitative estimate of drug-likeness (QED) is 0.451. The maximum atomic E-state index is 13.7. The molecule has 1 saturated carbocycles. The molecular weight excluding hydrogens is 477 g/mol. The minimum atomic E-state index is -0.260. The number of hydrogen-bond donors (Lipinski definition) is 1. The van der Waals surface area contributed by atoms with E-state index in [0.29, 0.717) is 31.0 Å². The topological polar surface area (TPSA) is 58.8 Å². The Morgan fingerprint density at radius 2 is 1.92 bits per heavy atom. The molecule has 2 heterocycles. The van der Waals surface area contributed by atoms with Crippen LogP contribution < -0.4 is 15.4 Å². The maximum Gasteiger partial charge on any atom is 0.254 e. The van der Waals surface area contributed by atoms with Crippen LogP contribution in [0.3, 0.4) is 0 Å². The molecule has 1 amide bonds. The lowest BCUT2D eigenvalue weighted by molar-refractivity contribution is 0.0708. The van der Waals surface area contributed by atoms with Gasteiger partial charge in [0.1, 0.15) is 18.2 Å². The summed E-state index contributed by atoms with van der Waals surface area (Å²) in [6.45, 7) is 15.0. The molecule has 3 aliphatic rings. The second-order valence-corrected chi connectivity index (χ2v) is 10.9. The van der Waals surface area contributed by atoms with Crippen LogP contribution in [0.2, 0.25) is 0 Å². The third kappa shape index (κ3) is 6.65. The first-order valence-corrected chi connectivity index (χ1v) is 13.9. The minimum absolute atomic E-state index is 0.00624. The molecule has 38 heavy (non-hydrogen) atoms. The van der Waals surface area contributed by atoms with Gasteiger partial charge >= 0.3 is 0 Å². The van der Waals surface area contributed by atoms with Crippen molar-refractivity contribution >= 4 is 17.7 Å². The van der Waals surface area contributed by atoms with Crippen molar-refractivity contribution in [3.63, 3.8) is 0 Å². The van der Waals surface area contributed by atoms with Crippen LogP contribution in [0, 0.1) is 25.6 Å². The normalized spacial score (nSPS) is 19.2. The van der Waals surface area contributed by atoms with Crippen LogP contribution in [0.1, 0.15) is 73.0 Å². The number of carbonyl (C=O) groups is 1. The molecule has 0 aromatic heterocycles. The van der Waals surface area contributed by atoms with E-state index in [2.05, 4.69) is 18.4 Å². The number of rotatable bonds is 5. The van der Waals surface area contributed by atoms with Crippen molar-refractivity contribution in [2.45, 2.75) is 65.8 Å². The number of nitrogens with two attached hydrogens (primary N) is 1. The van der Waals surface area contributed by atoms with Gasteiger partial charge in [-0.05, 0) is 92.1 Å². The third-order valence-corrected chi connectivity index (χ3v) is 7.77. The lowest BCUT2D eigenvalue weighted by atomic mass is 10.0. The molecule has 0 bridgehead atoms. The summed E-state index contributed by atoms with van der Waals surface area (Å²) in [6.07, 6.45) is 8.28. The summed E-state index contributed by atoms with van der Waals surface area (Å²) in [5, 5.41) is 0. The number of piperidine rings is 1. The van der Waals surface area contributed by atoms with Gasteiger partial charge in [-0.3, -0.25) is 4.79 Å². The second kappa shape index (κ2) is 12.2. The summed E-state index contributed by atoms with van der Waals surface area (Å²) in [5.41, 5.74) is 12.2. The van der Waals surface area contributed by atoms with Crippen LogP contribution in [0.25, 0.3) is 6.08 Å². The van der Waals surface area contributed by atoms with Crippen molar-refractivity contribution in [2.75, 3.05) is 31.1 Å². The summed E-state index contributed by atoms with van der Waals surface area (Å²) < 4.78 is 19.7. The van der Waals surface area contributed by atoms with E-state index >= 15 is 0 Å². The fraction of sp³-hybridized carbons (Fsp3) is 0.469. The smallest absolute Gasteiger partial charge is 0.254 e. The number of ether oxygens (including phenoxy) is 1. The van der Waals surface area contributed by atoms with Crippen molar-refractivity contribution in [1.82, 2.24) is 4.90 Å². The van der Waals surface area contributed by atoms with Crippen LogP contribution in [-0.4, -0.2) is 43.1 Å². The van der Waals surface area contributed by atoms with Gasteiger partial charge < -0.3 is 20.3 Å². The van der Waals surface area contributed by atoms with Gasteiger partial charge in [0, 0.05) is 30.4 Å². The SMILES string of the molecule is C=C(/C(C)=C/c1cc(F)ccc1C)N1CCOc2cc(C(=O)N3CCCC(N)C3)cc(C)c21.CCC1CC1. The Bertz CT molecular complexity index is 1220. The number of carbonyl (C=O) groups excluding carboxylic acids is 1. The van der Waals surface area contributed by atoms with Crippen molar-refractivity contribution in [3.8, 4) is 5.75 Å².